The largest absolute Gasteiger partial charge is 0.479 e. The molecule has 14 heteroatoms. The Bertz CT molecular complexity index is 1200. The summed E-state index contributed by atoms with van der Waals surface area (Å²) in [7, 11) is 0. The van der Waals surface area contributed by atoms with E-state index in [0.717, 1.165) is 38.5 Å². The summed E-state index contributed by atoms with van der Waals surface area (Å²) in [4.78, 5) is 26.0. The van der Waals surface area contributed by atoms with Crippen LogP contribution in [0.15, 0.2) is 30.3 Å². The fraction of sp³-hybridized carbons (Fsp3) is 0.771. The second-order valence-corrected chi connectivity index (χ2v) is 14.0. The van der Waals surface area contributed by atoms with E-state index in [-0.39, 0.29) is 23.8 Å². The number of aliphatic hydroxyl groups excluding tert-OH is 5. The second-order valence-electron chi connectivity index (χ2n) is 14.0. The molecule has 0 radical (unpaired) electrons. The molecule has 1 unspecified atom stereocenters. The number of hydrogen-bond acceptors (Lipinski definition) is 13. The van der Waals surface area contributed by atoms with Crippen LogP contribution in [-0.2, 0) is 33.2 Å². The van der Waals surface area contributed by atoms with Gasteiger partial charge in [0, 0.05) is 0 Å². The predicted octanol–water partition coefficient (Wildman–Crippen LogP) is 1.52. The molecule has 6 N–H and O–H groups in total. The molecule has 4 aliphatic rings. The van der Waals surface area contributed by atoms with Gasteiger partial charge in [-0.1, -0.05) is 63.6 Å². The summed E-state index contributed by atoms with van der Waals surface area (Å²) in [5.41, 5.74) is 0.196. The lowest BCUT2D eigenvalue weighted by atomic mass is 9.85. The first-order valence-corrected chi connectivity index (χ1v) is 17.6. The van der Waals surface area contributed by atoms with Crippen molar-refractivity contribution in [2.24, 2.45) is 11.8 Å². The molecule has 0 bridgehead atoms. The minimum atomic E-state index is -1.58. The van der Waals surface area contributed by atoms with Gasteiger partial charge >= 0.3 is 11.9 Å². The summed E-state index contributed by atoms with van der Waals surface area (Å²) in [6.45, 7) is 2.81. The maximum atomic E-state index is 13.4. The zero-order valence-corrected chi connectivity index (χ0v) is 28.1. The molecule has 2 saturated heterocycles. The first-order chi connectivity index (χ1) is 23.5. The number of benzene rings is 1. The maximum Gasteiger partial charge on any atom is 0.338 e. The number of rotatable bonds is 12. The second kappa shape index (κ2) is 17.3. The normalized spacial score (nSPS) is 39.6. The van der Waals surface area contributed by atoms with Crippen LogP contribution in [0.1, 0.15) is 82.0 Å². The van der Waals surface area contributed by atoms with Crippen LogP contribution >= 0.6 is 0 Å². The highest BCUT2D eigenvalue weighted by Gasteiger charge is 2.52. The molecule has 2 aliphatic heterocycles. The molecular weight excluding hydrogens is 644 g/mol. The van der Waals surface area contributed by atoms with Crippen molar-refractivity contribution in [1.82, 2.24) is 0 Å². The lowest BCUT2D eigenvalue weighted by Gasteiger charge is -2.47. The van der Waals surface area contributed by atoms with Crippen molar-refractivity contribution < 1.29 is 68.6 Å². The number of carboxylic acids is 1. The Labute approximate surface area is 286 Å². The third-order valence-electron chi connectivity index (χ3n) is 10.4. The smallest absolute Gasteiger partial charge is 0.338 e. The standard InChI is InChI=1S/C35H52O14/c1-18-10-9-15-22(29(18)49-34-28(40)27(39)25(37)19(2)44-34)46-35-31(48-33(43)21-13-7-4-8-14-21)30(26(38)24(17-36)47-35)45-23(32(41)42)16-20-11-5-3-6-12-20/h4,7-8,13-14,18-20,22-31,34-40H,3,5-6,9-12,15-17H2,1-2H3,(H,41,42)/t18-,19-,22+,23-,24+,25+,26-,27+,28-,29+,30-,31+,34?,35+/m0/s1. The first kappa shape index (κ1) is 38.0. The van der Waals surface area contributed by atoms with E-state index in [1.54, 1.807) is 37.3 Å². The number of carbonyl (C=O) groups excluding carboxylic acids is 1. The van der Waals surface area contributed by atoms with Gasteiger partial charge in [-0.15, -0.1) is 0 Å². The summed E-state index contributed by atoms with van der Waals surface area (Å²) < 4.78 is 36.5. The quantitative estimate of drug-likeness (QED) is 0.171. The Balaban J connectivity index is 1.42. The minimum Gasteiger partial charge on any atom is -0.479 e. The van der Waals surface area contributed by atoms with E-state index in [2.05, 4.69) is 0 Å². The molecule has 0 aromatic heterocycles. The molecule has 2 heterocycles. The highest BCUT2D eigenvalue weighted by molar-refractivity contribution is 5.89. The van der Waals surface area contributed by atoms with Crippen molar-refractivity contribution in [3.63, 3.8) is 0 Å². The van der Waals surface area contributed by atoms with Gasteiger partial charge in [0.2, 0.25) is 0 Å². The van der Waals surface area contributed by atoms with E-state index >= 15 is 0 Å². The van der Waals surface area contributed by atoms with E-state index in [1.807, 2.05) is 6.92 Å². The van der Waals surface area contributed by atoms with Crippen LogP contribution in [0.3, 0.4) is 0 Å². The molecule has 2 aliphatic carbocycles. The topological polar surface area (TPSA) is 211 Å². The van der Waals surface area contributed by atoms with Gasteiger partial charge in [-0.3, -0.25) is 0 Å². The lowest BCUT2D eigenvalue weighted by molar-refractivity contribution is -0.348. The zero-order valence-electron chi connectivity index (χ0n) is 28.1. The monoisotopic (exact) mass is 696 g/mol. The van der Waals surface area contributed by atoms with Crippen molar-refractivity contribution in [1.29, 1.82) is 0 Å². The highest BCUT2D eigenvalue weighted by Crippen LogP contribution is 2.37. The number of esters is 1. The molecule has 14 nitrogen and oxygen atoms in total. The zero-order chi connectivity index (χ0) is 35.2. The van der Waals surface area contributed by atoms with Gasteiger partial charge in [0.1, 0.15) is 36.6 Å². The van der Waals surface area contributed by atoms with Gasteiger partial charge in [0.05, 0.1) is 30.5 Å². The number of carboxylic acid groups (broad SMARTS) is 1. The number of aliphatic carboxylic acids is 1. The predicted molar refractivity (Wildman–Crippen MR) is 170 cm³/mol. The van der Waals surface area contributed by atoms with Crippen LogP contribution in [0.5, 0.6) is 0 Å². The lowest BCUT2D eigenvalue weighted by Crippen LogP contribution is -2.64. The third kappa shape index (κ3) is 9.17. The van der Waals surface area contributed by atoms with Crippen molar-refractivity contribution in [2.45, 2.75) is 151 Å². The summed E-state index contributed by atoms with van der Waals surface area (Å²) in [5.74, 6) is -2.03. The van der Waals surface area contributed by atoms with Gasteiger partial charge in [-0.25, -0.2) is 9.59 Å². The van der Waals surface area contributed by atoms with E-state index in [4.69, 9.17) is 28.4 Å². The van der Waals surface area contributed by atoms with Crippen LogP contribution in [0.4, 0.5) is 0 Å². The maximum absolute atomic E-state index is 13.4. The van der Waals surface area contributed by atoms with Crippen LogP contribution in [0, 0.1) is 11.8 Å². The molecule has 0 spiro atoms. The number of hydrogen-bond donors (Lipinski definition) is 6. The number of carbonyl (C=O) groups is 2. The molecule has 49 heavy (non-hydrogen) atoms. The first-order valence-electron chi connectivity index (χ1n) is 17.6. The Morgan fingerprint density at radius 3 is 2.18 bits per heavy atom. The Morgan fingerprint density at radius 1 is 0.796 bits per heavy atom. The Kier molecular flexibility index (Phi) is 13.4. The van der Waals surface area contributed by atoms with Crippen molar-refractivity contribution in [2.75, 3.05) is 6.61 Å². The number of aliphatic hydroxyl groups is 5. The highest BCUT2D eigenvalue weighted by atomic mass is 16.7. The molecule has 14 atom stereocenters. The average Bonchev–Trinajstić information content (AvgIpc) is 3.10. The third-order valence-corrected chi connectivity index (χ3v) is 10.4. The van der Waals surface area contributed by atoms with Crippen molar-refractivity contribution >= 4 is 11.9 Å². The molecular formula is C35H52O14. The molecule has 0 amide bonds. The summed E-state index contributed by atoms with van der Waals surface area (Å²) in [5, 5.41) is 63.0. The summed E-state index contributed by atoms with van der Waals surface area (Å²) in [6, 6.07) is 8.13. The summed E-state index contributed by atoms with van der Waals surface area (Å²) >= 11 is 0. The fourth-order valence-corrected chi connectivity index (χ4v) is 7.48. The van der Waals surface area contributed by atoms with Crippen LogP contribution in [-0.4, -0.2) is 129 Å². The van der Waals surface area contributed by atoms with Gasteiger partial charge < -0.3 is 59.1 Å². The molecule has 276 valence electrons. The molecule has 1 aromatic rings. The van der Waals surface area contributed by atoms with E-state index in [1.165, 1.54) is 0 Å². The molecule has 5 rings (SSSR count). The molecule has 1 aromatic carbocycles. The SMILES string of the molecule is C[C@@H]1OC(O[C@@H]2[C@@H](C)CCC[C@H]2O[C@@H]2O[C@H](CO)[C@H](O)[C@H](O[C@@H](CC3CCCCC3)C(=O)O)[C@H]2OC(=O)c2ccccc2)[C@@H](O)[C@H](O)[C@@H]1O. The van der Waals surface area contributed by atoms with Crippen molar-refractivity contribution in [3.05, 3.63) is 35.9 Å². The summed E-state index contributed by atoms with van der Waals surface area (Å²) in [6.07, 6.45) is -9.64. The molecule has 4 fully saturated rings. The van der Waals surface area contributed by atoms with Gasteiger partial charge in [-0.05, 0) is 50.2 Å². The Hall–Kier alpha value is -2.24. The minimum absolute atomic E-state index is 0.110. The van der Waals surface area contributed by atoms with E-state index in [9.17, 15) is 40.2 Å². The number of ether oxygens (including phenoxy) is 6. The van der Waals surface area contributed by atoms with Gasteiger partial charge in [-0.2, -0.15) is 0 Å². The Morgan fingerprint density at radius 2 is 1.51 bits per heavy atom. The van der Waals surface area contributed by atoms with E-state index in [0.29, 0.717) is 12.8 Å². The van der Waals surface area contributed by atoms with Gasteiger partial charge in [0.15, 0.2) is 24.8 Å². The fourth-order valence-electron chi connectivity index (χ4n) is 7.48. The van der Waals surface area contributed by atoms with E-state index < -0.39 is 98.3 Å². The van der Waals surface area contributed by atoms with Crippen LogP contribution < -0.4 is 0 Å². The average molecular weight is 697 g/mol. The van der Waals surface area contributed by atoms with Crippen LogP contribution in [0.25, 0.3) is 0 Å². The van der Waals surface area contributed by atoms with Gasteiger partial charge in [0.25, 0.3) is 0 Å². The van der Waals surface area contributed by atoms with Crippen LogP contribution in [0.2, 0.25) is 0 Å². The van der Waals surface area contributed by atoms with Crippen molar-refractivity contribution in [3.8, 4) is 0 Å². The molecule has 2 saturated carbocycles.